The molecule has 2 aromatic rings. The summed E-state index contributed by atoms with van der Waals surface area (Å²) in [7, 11) is 1.82. The number of hydrogen-bond donors (Lipinski definition) is 2. The summed E-state index contributed by atoms with van der Waals surface area (Å²) in [5, 5.41) is 3.95. The third-order valence-electron chi connectivity index (χ3n) is 2.59. The molecule has 96 valence electrons. The molecule has 0 saturated heterocycles. The number of ether oxygens (including phenoxy) is 1. The van der Waals surface area contributed by atoms with Crippen molar-refractivity contribution in [1.29, 1.82) is 0 Å². The van der Waals surface area contributed by atoms with Gasteiger partial charge in [-0.2, -0.15) is 0 Å². The van der Waals surface area contributed by atoms with E-state index in [2.05, 4.69) is 30.9 Å². The van der Waals surface area contributed by atoms with Crippen LogP contribution in [0.3, 0.4) is 0 Å². The first-order chi connectivity index (χ1) is 8.69. The number of anilines is 1. The van der Waals surface area contributed by atoms with E-state index in [1.54, 1.807) is 0 Å². The van der Waals surface area contributed by atoms with Crippen LogP contribution in [0, 0.1) is 0 Å². The molecule has 0 atom stereocenters. The fourth-order valence-corrected chi connectivity index (χ4v) is 2.11. The van der Waals surface area contributed by atoms with Gasteiger partial charge in [0.25, 0.3) is 0 Å². The van der Waals surface area contributed by atoms with Crippen LogP contribution in [0.1, 0.15) is 12.5 Å². The fourth-order valence-electron chi connectivity index (χ4n) is 1.79. The molecule has 0 amide bonds. The summed E-state index contributed by atoms with van der Waals surface area (Å²) in [5.41, 5.74) is 7.55. The van der Waals surface area contributed by atoms with Crippen LogP contribution >= 0.6 is 0 Å². The van der Waals surface area contributed by atoms with Crippen molar-refractivity contribution < 1.29 is 4.74 Å². The maximum absolute atomic E-state index is 5.87. The van der Waals surface area contributed by atoms with Crippen molar-refractivity contribution in [2.45, 2.75) is 13.7 Å². The SMILES string of the molecule is CCOCn1cc(C(N)=[Se])c2c(NC)ncnc21. The van der Waals surface area contributed by atoms with Gasteiger partial charge in [0.1, 0.15) is 0 Å². The Bertz CT molecular complexity index is 580. The fraction of sp³-hybridized carbons (Fsp3) is 0.364. The summed E-state index contributed by atoms with van der Waals surface area (Å²) in [6.07, 6.45) is 3.44. The molecule has 0 aliphatic heterocycles. The molecule has 0 aromatic carbocycles. The number of nitrogens with two attached hydrogens (primary N) is 1. The third kappa shape index (κ3) is 2.24. The molecule has 0 fully saturated rings. The first-order valence-corrected chi connectivity index (χ1v) is 6.43. The molecule has 0 unspecified atom stereocenters. The predicted octanol–water partition coefficient (Wildman–Crippen LogP) is 0.0722. The van der Waals surface area contributed by atoms with E-state index in [9.17, 15) is 0 Å². The summed E-state index contributed by atoms with van der Waals surface area (Å²) in [4.78, 5) is 8.50. The third-order valence-corrected chi connectivity index (χ3v) is 3.05. The number of hydrogen-bond acceptors (Lipinski definition) is 5. The summed E-state index contributed by atoms with van der Waals surface area (Å²) >= 11 is 2.83. The van der Waals surface area contributed by atoms with Crippen LogP contribution in [0.5, 0.6) is 0 Å². The first-order valence-electron chi connectivity index (χ1n) is 5.58. The van der Waals surface area contributed by atoms with Crippen molar-refractivity contribution in [3.05, 3.63) is 18.1 Å². The van der Waals surface area contributed by atoms with Crippen molar-refractivity contribution in [3.63, 3.8) is 0 Å². The van der Waals surface area contributed by atoms with Crippen molar-refractivity contribution in [2.75, 3.05) is 19.0 Å². The summed E-state index contributed by atoms with van der Waals surface area (Å²) in [6, 6.07) is 0. The number of nitrogens with one attached hydrogen (secondary N) is 1. The Kier molecular flexibility index (Phi) is 3.96. The number of nitrogens with zero attached hydrogens (tertiary/aromatic N) is 3. The Morgan fingerprint density at radius 2 is 2.33 bits per heavy atom. The second-order valence-corrected chi connectivity index (χ2v) is 4.59. The number of rotatable bonds is 5. The van der Waals surface area contributed by atoms with Crippen LogP contribution in [-0.4, -0.2) is 48.3 Å². The minimum absolute atomic E-state index is 0.445. The Morgan fingerprint density at radius 1 is 1.56 bits per heavy atom. The summed E-state index contributed by atoms with van der Waals surface area (Å²) in [5.74, 6) is 0.753. The molecule has 0 spiro atoms. The van der Waals surface area contributed by atoms with E-state index in [1.807, 2.05) is 24.7 Å². The molecule has 0 aliphatic carbocycles. The summed E-state index contributed by atoms with van der Waals surface area (Å²) < 4.78 is 7.95. The van der Waals surface area contributed by atoms with Gasteiger partial charge in [0.05, 0.1) is 0 Å². The average molecular weight is 312 g/mol. The monoisotopic (exact) mass is 313 g/mol. The molecule has 7 heteroatoms. The first kappa shape index (κ1) is 13.0. The Labute approximate surface area is 113 Å². The molecule has 2 aromatic heterocycles. The second-order valence-electron chi connectivity index (χ2n) is 3.67. The van der Waals surface area contributed by atoms with E-state index in [1.165, 1.54) is 6.33 Å². The molecule has 0 bridgehead atoms. The Hall–Kier alpha value is -1.43. The van der Waals surface area contributed by atoms with Crippen molar-refractivity contribution >= 4 is 37.0 Å². The minimum atomic E-state index is 0.445. The van der Waals surface area contributed by atoms with Gasteiger partial charge in [-0.1, -0.05) is 0 Å². The number of aromatic nitrogens is 3. The molecule has 2 rings (SSSR count). The van der Waals surface area contributed by atoms with Crippen LogP contribution < -0.4 is 11.1 Å². The maximum atomic E-state index is 5.87. The molecule has 0 saturated carbocycles. The van der Waals surface area contributed by atoms with Crippen LogP contribution in [0.25, 0.3) is 11.0 Å². The molecular formula is C11H15N5OSe. The standard InChI is InChI=1S/C11H15N5OSe/c1-3-17-6-16-4-7(9(12)18)8-10(13-2)14-5-15-11(8)16/h4-5H,3,6H2,1-2H3,(H2,12,18)(H,13,14,15). The van der Waals surface area contributed by atoms with Gasteiger partial charge < -0.3 is 0 Å². The van der Waals surface area contributed by atoms with E-state index in [0.717, 1.165) is 22.4 Å². The molecule has 3 N–H and O–H groups in total. The van der Waals surface area contributed by atoms with Crippen molar-refractivity contribution in [3.8, 4) is 0 Å². The van der Waals surface area contributed by atoms with Crippen molar-refractivity contribution in [2.24, 2.45) is 5.73 Å². The van der Waals surface area contributed by atoms with Gasteiger partial charge in [-0.3, -0.25) is 0 Å². The normalized spacial score (nSPS) is 10.8. The Morgan fingerprint density at radius 3 is 2.94 bits per heavy atom. The second kappa shape index (κ2) is 5.47. The van der Waals surface area contributed by atoms with Gasteiger partial charge in [-0.25, -0.2) is 0 Å². The quantitative estimate of drug-likeness (QED) is 0.764. The zero-order chi connectivity index (χ0) is 13.1. The van der Waals surface area contributed by atoms with Crippen LogP contribution in [0.4, 0.5) is 5.82 Å². The zero-order valence-corrected chi connectivity index (χ0v) is 12.0. The van der Waals surface area contributed by atoms with Crippen LogP contribution in [0.15, 0.2) is 12.5 Å². The molecular weight excluding hydrogens is 297 g/mol. The van der Waals surface area contributed by atoms with Crippen molar-refractivity contribution in [1.82, 2.24) is 14.5 Å². The Balaban J connectivity index is 2.64. The van der Waals surface area contributed by atoms with Gasteiger partial charge in [-0.15, -0.1) is 0 Å². The molecule has 0 aliphatic rings. The van der Waals surface area contributed by atoms with Crippen LogP contribution in [-0.2, 0) is 11.5 Å². The predicted molar refractivity (Wildman–Crippen MR) is 72.8 cm³/mol. The molecule has 18 heavy (non-hydrogen) atoms. The van der Waals surface area contributed by atoms with E-state index < -0.39 is 0 Å². The van der Waals surface area contributed by atoms with Gasteiger partial charge in [0.2, 0.25) is 0 Å². The van der Waals surface area contributed by atoms with E-state index in [4.69, 9.17) is 10.5 Å². The molecule has 0 radical (unpaired) electrons. The zero-order valence-electron chi connectivity index (χ0n) is 10.3. The van der Waals surface area contributed by atoms with E-state index >= 15 is 0 Å². The van der Waals surface area contributed by atoms with E-state index in [-0.39, 0.29) is 0 Å². The van der Waals surface area contributed by atoms with E-state index in [0.29, 0.717) is 17.9 Å². The van der Waals surface area contributed by atoms with Gasteiger partial charge in [-0.05, 0) is 0 Å². The topological polar surface area (TPSA) is 78.0 Å². The number of fused-ring (bicyclic) bond motifs is 1. The molecule has 6 nitrogen and oxygen atoms in total. The molecule has 2 heterocycles. The van der Waals surface area contributed by atoms with Gasteiger partial charge in [0, 0.05) is 0 Å². The van der Waals surface area contributed by atoms with Gasteiger partial charge in [0.15, 0.2) is 0 Å². The van der Waals surface area contributed by atoms with Gasteiger partial charge >= 0.3 is 113 Å². The average Bonchev–Trinajstić information content (AvgIpc) is 2.75. The summed E-state index contributed by atoms with van der Waals surface area (Å²) in [6.45, 7) is 3.05. The van der Waals surface area contributed by atoms with Crippen LogP contribution in [0.2, 0.25) is 0 Å².